The number of benzene rings is 9. The van der Waals surface area contributed by atoms with Crippen molar-refractivity contribution >= 4 is 55.0 Å². The zero-order valence-electron chi connectivity index (χ0n) is 32.6. The molecular formula is C58H41N. The van der Waals surface area contributed by atoms with E-state index in [4.69, 9.17) is 0 Å². The molecule has 0 saturated carbocycles. The Hall–Kier alpha value is -7.48. The molecule has 59 heavy (non-hydrogen) atoms. The molecular weight excluding hydrogens is 711 g/mol. The van der Waals surface area contributed by atoms with E-state index in [1.165, 1.54) is 76.8 Å². The molecule has 0 aliphatic heterocycles. The average Bonchev–Trinajstić information content (AvgIpc) is 3.32. The maximum absolute atomic E-state index is 2.43. The van der Waals surface area contributed by atoms with Crippen LogP contribution in [-0.4, -0.2) is 0 Å². The molecule has 1 nitrogen and oxygen atoms in total. The van der Waals surface area contributed by atoms with Crippen molar-refractivity contribution in [1.29, 1.82) is 0 Å². The minimum atomic E-state index is 0.398. The van der Waals surface area contributed by atoms with Crippen molar-refractivity contribution in [2.24, 2.45) is 11.8 Å². The van der Waals surface area contributed by atoms with Crippen LogP contribution < -0.4 is 4.90 Å². The van der Waals surface area contributed by atoms with Gasteiger partial charge in [0.2, 0.25) is 0 Å². The molecule has 0 N–H and O–H groups in total. The van der Waals surface area contributed by atoms with Gasteiger partial charge in [0.15, 0.2) is 0 Å². The zero-order chi connectivity index (χ0) is 39.1. The fraction of sp³-hybridized carbons (Fsp3) is 0.0345. The van der Waals surface area contributed by atoms with E-state index in [1.807, 2.05) is 0 Å². The third-order valence-corrected chi connectivity index (χ3v) is 12.2. The van der Waals surface area contributed by atoms with Crippen molar-refractivity contribution in [2.45, 2.75) is 0 Å². The SMILES string of the molecule is C1=CC2C=CC(c3ccc(N(c4ccc(-c5cc(-c6ccc7ccccc7c6)ccc5-c5ccccc5)cc4)c4cc5ccccc5c5ccccc45)cc3)=CC2C=C1. The first-order valence-corrected chi connectivity index (χ1v) is 20.6. The molecule has 0 saturated heterocycles. The lowest BCUT2D eigenvalue weighted by Crippen LogP contribution is -2.12. The predicted molar refractivity (Wildman–Crippen MR) is 252 cm³/mol. The van der Waals surface area contributed by atoms with Gasteiger partial charge in [-0.2, -0.15) is 0 Å². The van der Waals surface area contributed by atoms with Gasteiger partial charge in [-0.25, -0.2) is 0 Å². The number of anilines is 3. The smallest absolute Gasteiger partial charge is 0.0546 e. The molecule has 0 aromatic heterocycles. The molecule has 0 amide bonds. The number of hydrogen-bond acceptors (Lipinski definition) is 1. The van der Waals surface area contributed by atoms with Gasteiger partial charge in [-0.15, -0.1) is 0 Å². The second kappa shape index (κ2) is 14.8. The Kier molecular flexibility index (Phi) is 8.71. The van der Waals surface area contributed by atoms with E-state index in [2.05, 4.69) is 242 Å². The second-order valence-electron chi connectivity index (χ2n) is 15.7. The Morgan fingerprint density at radius 3 is 1.69 bits per heavy atom. The maximum Gasteiger partial charge on any atom is 0.0546 e. The molecule has 1 heteroatoms. The van der Waals surface area contributed by atoms with Crippen LogP contribution in [-0.2, 0) is 0 Å². The molecule has 0 heterocycles. The molecule has 2 aliphatic rings. The van der Waals surface area contributed by atoms with E-state index >= 15 is 0 Å². The van der Waals surface area contributed by atoms with Crippen LogP contribution in [0.5, 0.6) is 0 Å². The van der Waals surface area contributed by atoms with E-state index in [1.54, 1.807) is 0 Å². The van der Waals surface area contributed by atoms with Crippen molar-refractivity contribution < 1.29 is 0 Å². The molecule has 2 unspecified atom stereocenters. The Bertz CT molecular complexity index is 3140. The number of allylic oxidation sites excluding steroid dienone is 8. The van der Waals surface area contributed by atoms with Crippen LogP contribution >= 0.6 is 0 Å². The molecule has 0 fully saturated rings. The van der Waals surface area contributed by atoms with E-state index in [0.717, 1.165) is 17.1 Å². The summed E-state index contributed by atoms with van der Waals surface area (Å²) < 4.78 is 0. The van der Waals surface area contributed by atoms with Crippen molar-refractivity contribution in [3.63, 3.8) is 0 Å². The van der Waals surface area contributed by atoms with Gasteiger partial charge < -0.3 is 4.90 Å². The van der Waals surface area contributed by atoms with Gasteiger partial charge >= 0.3 is 0 Å². The highest BCUT2D eigenvalue weighted by molar-refractivity contribution is 6.14. The minimum absolute atomic E-state index is 0.398. The van der Waals surface area contributed by atoms with E-state index < -0.39 is 0 Å². The van der Waals surface area contributed by atoms with Crippen LogP contribution in [0.2, 0.25) is 0 Å². The summed E-state index contributed by atoms with van der Waals surface area (Å²) in [4.78, 5) is 2.43. The second-order valence-corrected chi connectivity index (χ2v) is 15.7. The van der Waals surface area contributed by atoms with E-state index in [0.29, 0.717) is 11.8 Å². The van der Waals surface area contributed by atoms with Crippen LogP contribution in [0.3, 0.4) is 0 Å². The van der Waals surface area contributed by atoms with Crippen molar-refractivity contribution in [2.75, 3.05) is 4.90 Å². The molecule has 0 bridgehead atoms. The molecule has 0 spiro atoms. The lowest BCUT2D eigenvalue weighted by atomic mass is 9.81. The van der Waals surface area contributed by atoms with Crippen LogP contribution in [0.1, 0.15) is 5.56 Å². The molecule has 2 aliphatic carbocycles. The van der Waals surface area contributed by atoms with Crippen LogP contribution in [0.15, 0.2) is 237 Å². The maximum atomic E-state index is 2.43. The van der Waals surface area contributed by atoms with Crippen LogP contribution in [0.4, 0.5) is 17.1 Å². The molecule has 278 valence electrons. The summed E-state index contributed by atoms with van der Waals surface area (Å²) in [6.07, 6.45) is 15.9. The third-order valence-electron chi connectivity index (χ3n) is 12.2. The Morgan fingerprint density at radius 1 is 0.339 bits per heavy atom. The molecule has 11 rings (SSSR count). The monoisotopic (exact) mass is 751 g/mol. The van der Waals surface area contributed by atoms with Gasteiger partial charge in [-0.05, 0) is 114 Å². The molecule has 2 atom stereocenters. The van der Waals surface area contributed by atoms with Crippen molar-refractivity contribution in [3.05, 3.63) is 242 Å². The van der Waals surface area contributed by atoms with Crippen LogP contribution in [0, 0.1) is 11.8 Å². The Balaban J connectivity index is 1.04. The van der Waals surface area contributed by atoms with Gasteiger partial charge in [0.05, 0.1) is 5.69 Å². The summed E-state index contributed by atoms with van der Waals surface area (Å²) >= 11 is 0. The van der Waals surface area contributed by atoms with Crippen molar-refractivity contribution in [1.82, 2.24) is 0 Å². The number of nitrogens with zero attached hydrogens (tertiary/aromatic N) is 1. The summed E-state index contributed by atoms with van der Waals surface area (Å²) in [6, 6.07) is 71.3. The van der Waals surface area contributed by atoms with Gasteiger partial charge in [0.25, 0.3) is 0 Å². The molecule has 9 aromatic carbocycles. The average molecular weight is 752 g/mol. The third kappa shape index (κ3) is 6.48. The normalized spacial score (nSPS) is 15.7. The first kappa shape index (κ1) is 34.7. The summed E-state index contributed by atoms with van der Waals surface area (Å²) in [5, 5.41) is 7.45. The number of hydrogen-bond donors (Lipinski definition) is 0. The minimum Gasteiger partial charge on any atom is -0.310 e. The zero-order valence-corrected chi connectivity index (χ0v) is 32.6. The quantitative estimate of drug-likeness (QED) is 0.147. The largest absolute Gasteiger partial charge is 0.310 e. The first-order valence-electron chi connectivity index (χ1n) is 20.6. The van der Waals surface area contributed by atoms with Gasteiger partial charge in [0.1, 0.15) is 0 Å². The van der Waals surface area contributed by atoms with Crippen LogP contribution in [0.25, 0.3) is 71.3 Å². The predicted octanol–water partition coefficient (Wildman–Crippen LogP) is 15.9. The lowest BCUT2D eigenvalue weighted by molar-refractivity contribution is 0.663. The molecule has 9 aromatic rings. The highest BCUT2D eigenvalue weighted by Crippen LogP contribution is 2.44. The van der Waals surface area contributed by atoms with Gasteiger partial charge in [-0.3, -0.25) is 0 Å². The Morgan fingerprint density at radius 2 is 0.915 bits per heavy atom. The number of fused-ring (bicyclic) bond motifs is 5. The standard InChI is InChI=1S/C58H41N/c1-2-14-43(15-3-1)54-35-30-49(48-25-23-41-13-5-7-17-46(41)37-48)38-57(54)44-28-33-52(34-29-44)59(58-39-50-18-8-9-19-53(50)55-20-10-11-21-56(55)58)51-31-26-42(27-32-51)47-24-22-40-12-4-6-16-45(40)36-47/h1-40,45H. The Labute approximate surface area is 345 Å². The highest BCUT2D eigenvalue weighted by Gasteiger charge is 2.21. The summed E-state index contributed by atoms with van der Waals surface area (Å²) in [5.74, 6) is 0.835. The van der Waals surface area contributed by atoms with E-state index in [-0.39, 0.29) is 0 Å². The van der Waals surface area contributed by atoms with Gasteiger partial charge in [-0.1, -0.05) is 194 Å². The first-order chi connectivity index (χ1) is 29.2. The summed E-state index contributed by atoms with van der Waals surface area (Å²) in [5.41, 5.74) is 13.1. The molecule has 0 radical (unpaired) electrons. The van der Waals surface area contributed by atoms with Crippen molar-refractivity contribution in [3.8, 4) is 33.4 Å². The van der Waals surface area contributed by atoms with E-state index in [9.17, 15) is 0 Å². The highest BCUT2D eigenvalue weighted by atomic mass is 15.1. The lowest BCUT2D eigenvalue weighted by Gasteiger charge is -2.28. The fourth-order valence-corrected chi connectivity index (χ4v) is 9.11. The van der Waals surface area contributed by atoms with Gasteiger partial charge in [0, 0.05) is 28.6 Å². The summed E-state index contributed by atoms with van der Waals surface area (Å²) in [6.45, 7) is 0. The topological polar surface area (TPSA) is 3.24 Å². The summed E-state index contributed by atoms with van der Waals surface area (Å²) in [7, 11) is 0. The number of rotatable bonds is 7. The fourth-order valence-electron chi connectivity index (χ4n) is 9.11.